The first-order valence-electron chi connectivity index (χ1n) is 7.06. The van der Waals surface area contributed by atoms with Crippen molar-refractivity contribution in [2.75, 3.05) is 14.1 Å². The summed E-state index contributed by atoms with van der Waals surface area (Å²) in [5.41, 5.74) is 0. The number of nitrogens with zero attached hydrogens (tertiary/aromatic N) is 3. The lowest BCUT2D eigenvalue weighted by Crippen LogP contribution is -2.44. The van der Waals surface area contributed by atoms with E-state index in [-0.39, 0.29) is 11.9 Å². The van der Waals surface area contributed by atoms with Gasteiger partial charge in [-0.15, -0.1) is 0 Å². The number of carbonyl (C=O) groups is 1. The zero-order chi connectivity index (χ0) is 13.8. The van der Waals surface area contributed by atoms with E-state index in [4.69, 9.17) is 0 Å². The van der Waals surface area contributed by atoms with Crippen LogP contribution in [0.2, 0.25) is 0 Å². The van der Waals surface area contributed by atoms with Gasteiger partial charge in [0.25, 0.3) is 0 Å². The number of carbonyl (C=O) groups excluding carboxylic acids is 1. The third-order valence-electron chi connectivity index (χ3n) is 4.28. The van der Waals surface area contributed by atoms with Crippen molar-refractivity contribution >= 4 is 5.91 Å². The fourth-order valence-corrected chi connectivity index (χ4v) is 2.85. The minimum Gasteiger partial charge on any atom is -0.341 e. The minimum absolute atomic E-state index is 0.150. The molecule has 1 amide bonds. The number of amides is 1. The fourth-order valence-electron chi connectivity index (χ4n) is 2.85. The molecule has 5 heteroatoms. The predicted molar refractivity (Wildman–Crippen MR) is 74.8 cm³/mol. The van der Waals surface area contributed by atoms with Gasteiger partial charge >= 0.3 is 0 Å². The Morgan fingerprint density at radius 3 is 2.63 bits per heavy atom. The number of aromatic nitrogens is 2. The predicted octanol–water partition coefficient (Wildman–Crippen LogP) is 1.43. The maximum Gasteiger partial charge on any atom is 0.247 e. The summed E-state index contributed by atoms with van der Waals surface area (Å²) in [4.78, 5) is 14.4. The molecule has 0 aromatic carbocycles. The van der Waals surface area contributed by atoms with E-state index in [1.807, 2.05) is 38.2 Å². The molecular formula is C14H24N4O. The van der Waals surface area contributed by atoms with Gasteiger partial charge in [0.1, 0.15) is 6.04 Å². The Morgan fingerprint density at radius 2 is 2.11 bits per heavy atom. The monoisotopic (exact) mass is 264 g/mol. The molecule has 1 aromatic heterocycles. The van der Waals surface area contributed by atoms with Crippen molar-refractivity contribution in [3.05, 3.63) is 18.5 Å². The van der Waals surface area contributed by atoms with E-state index in [9.17, 15) is 4.79 Å². The molecule has 1 fully saturated rings. The van der Waals surface area contributed by atoms with E-state index in [1.54, 1.807) is 10.9 Å². The highest BCUT2D eigenvalue weighted by molar-refractivity contribution is 5.80. The normalized spacial score (nSPS) is 25.0. The molecule has 0 radical (unpaired) electrons. The average Bonchev–Trinajstić information content (AvgIpc) is 2.99. The number of hydrogen-bond donors (Lipinski definition) is 1. The van der Waals surface area contributed by atoms with Crippen LogP contribution in [0.4, 0.5) is 0 Å². The third kappa shape index (κ3) is 3.15. The molecule has 1 atom stereocenters. The fraction of sp³-hybridized carbons (Fsp3) is 0.714. The Bertz CT molecular complexity index is 396. The van der Waals surface area contributed by atoms with Gasteiger partial charge in [-0.05, 0) is 45.7 Å². The van der Waals surface area contributed by atoms with Gasteiger partial charge in [-0.25, -0.2) is 0 Å². The summed E-state index contributed by atoms with van der Waals surface area (Å²) >= 11 is 0. The van der Waals surface area contributed by atoms with E-state index in [2.05, 4.69) is 10.4 Å². The van der Waals surface area contributed by atoms with Gasteiger partial charge in [-0.3, -0.25) is 9.48 Å². The first-order chi connectivity index (χ1) is 9.13. The Morgan fingerprint density at radius 1 is 1.42 bits per heavy atom. The lowest BCUT2D eigenvalue weighted by atomic mass is 9.90. The van der Waals surface area contributed by atoms with E-state index in [0.717, 1.165) is 25.7 Å². The topological polar surface area (TPSA) is 50.2 Å². The van der Waals surface area contributed by atoms with Gasteiger partial charge < -0.3 is 10.2 Å². The van der Waals surface area contributed by atoms with Gasteiger partial charge in [0, 0.05) is 31.5 Å². The molecule has 0 saturated heterocycles. The number of rotatable bonds is 4. The molecule has 1 saturated carbocycles. The van der Waals surface area contributed by atoms with Crippen molar-refractivity contribution in [2.24, 2.45) is 0 Å². The summed E-state index contributed by atoms with van der Waals surface area (Å²) in [6.07, 6.45) is 8.01. The quantitative estimate of drug-likeness (QED) is 0.895. The van der Waals surface area contributed by atoms with Gasteiger partial charge in [0.2, 0.25) is 5.91 Å². The molecule has 1 N–H and O–H groups in total. The van der Waals surface area contributed by atoms with Crippen LogP contribution in [0.1, 0.15) is 38.6 Å². The van der Waals surface area contributed by atoms with Gasteiger partial charge in [0.05, 0.1) is 0 Å². The van der Waals surface area contributed by atoms with Crippen molar-refractivity contribution in [3.63, 3.8) is 0 Å². The highest BCUT2D eigenvalue weighted by Crippen LogP contribution is 2.23. The first kappa shape index (κ1) is 14.1. The van der Waals surface area contributed by atoms with Crippen molar-refractivity contribution in [1.29, 1.82) is 0 Å². The summed E-state index contributed by atoms with van der Waals surface area (Å²) in [7, 11) is 3.94. The van der Waals surface area contributed by atoms with E-state index < -0.39 is 0 Å². The molecule has 1 aliphatic rings. The Kier molecular flexibility index (Phi) is 4.58. The van der Waals surface area contributed by atoms with Crippen LogP contribution >= 0.6 is 0 Å². The zero-order valence-electron chi connectivity index (χ0n) is 12.0. The molecule has 2 rings (SSSR count). The Labute approximate surface area is 115 Å². The Balaban J connectivity index is 1.92. The summed E-state index contributed by atoms with van der Waals surface area (Å²) in [6, 6.07) is 2.61. The van der Waals surface area contributed by atoms with Crippen molar-refractivity contribution in [2.45, 2.75) is 50.7 Å². The summed E-state index contributed by atoms with van der Waals surface area (Å²) in [5.74, 6) is 0.150. The molecule has 1 unspecified atom stereocenters. The molecule has 0 spiro atoms. The number of nitrogens with one attached hydrogen (secondary N) is 1. The number of hydrogen-bond acceptors (Lipinski definition) is 3. The van der Waals surface area contributed by atoms with Crippen LogP contribution in [-0.2, 0) is 4.79 Å². The second-order valence-electron chi connectivity index (χ2n) is 5.41. The molecule has 5 nitrogen and oxygen atoms in total. The maximum absolute atomic E-state index is 12.4. The van der Waals surface area contributed by atoms with Crippen LogP contribution in [0.15, 0.2) is 18.5 Å². The molecule has 1 aliphatic carbocycles. The lowest BCUT2D eigenvalue weighted by Gasteiger charge is -2.35. The molecule has 106 valence electrons. The van der Waals surface area contributed by atoms with E-state index >= 15 is 0 Å². The SMILES string of the molecule is CNC1CCC(N(C)C(=O)C(C)n2cccn2)CC1. The zero-order valence-corrected chi connectivity index (χ0v) is 12.0. The summed E-state index contributed by atoms with van der Waals surface area (Å²) in [6.45, 7) is 1.91. The molecule has 1 heterocycles. The van der Waals surface area contributed by atoms with Crippen molar-refractivity contribution < 1.29 is 4.79 Å². The second kappa shape index (κ2) is 6.19. The van der Waals surface area contributed by atoms with Crippen LogP contribution in [0.3, 0.4) is 0 Å². The molecule has 0 bridgehead atoms. The second-order valence-corrected chi connectivity index (χ2v) is 5.41. The largest absolute Gasteiger partial charge is 0.341 e. The van der Waals surface area contributed by atoms with Crippen LogP contribution in [0.25, 0.3) is 0 Å². The average molecular weight is 264 g/mol. The van der Waals surface area contributed by atoms with Crippen LogP contribution < -0.4 is 5.32 Å². The Hall–Kier alpha value is -1.36. The maximum atomic E-state index is 12.4. The van der Waals surface area contributed by atoms with Gasteiger partial charge in [0.15, 0.2) is 0 Å². The summed E-state index contributed by atoms with van der Waals surface area (Å²) in [5, 5.41) is 7.47. The summed E-state index contributed by atoms with van der Waals surface area (Å²) < 4.78 is 1.72. The van der Waals surface area contributed by atoms with Crippen LogP contribution in [-0.4, -0.2) is 46.8 Å². The van der Waals surface area contributed by atoms with Crippen LogP contribution in [0, 0.1) is 0 Å². The molecular weight excluding hydrogens is 240 g/mol. The van der Waals surface area contributed by atoms with E-state index in [0.29, 0.717) is 12.1 Å². The first-order valence-corrected chi connectivity index (χ1v) is 7.06. The molecule has 0 aliphatic heterocycles. The molecule has 19 heavy (non-hydrogen) atoms. The van der Waals surface area contributed by atoms with Gasteiger partial charge in [-0.1, -0.05) is 0 Å². The highest BCUT2D eigenvalue weighted by Gasteiger charge is 2.28. The van der Waals surface area contributed by atoms with Gasteiger partial charge in [-0.2, -0.15) is 5.10 Å². The van der Waals surface area contributed by atoms with E-state index in [1.165, 1.54) is 0 Å². The number of likely N-dealkylation sites (N-methyl/N-ethyl adjacent to an activating group) is 1. The minimum atomic E-state index is -0.220. The standard InChI is InChI=1S/C14H24N4O/c1-11(18-10-4-9-16-18)14(19)17(3)13-7-5-12(15-2)6-8-13/h4,9-13,15H,5-8H2,1-3H3. The van der Waals surface area contributed by atoms with Crippen LogP contribution in [0.5, 0.6) is 0 Å². The van der Waals surface area contributed by atoms with Crippen molar-refractivity contribution in [1.82, 2.24) is 20.0 Å². The highest BCUT2D eigenvalue weighted by atomic mass is 16.2. The third-order valence-corrected chi connectivity index (χ3v) is 4.28. The van der Waals surface area contributed by atoms with Crippen molar-refractivity contribution in [3.8, 4) is 0 Å². The smallest absolute Gasteiger partial charge is 0.247 e. The lowest BCUT2D eigenvalue weighted by molar-refractivity contribution is -0.136. The molecule has 1 aromatic rings.